The van der Waals surface area contributed by atoms with Gasteiger partial charge in [0.1, 0.15) is 0 Å². The average Bonchev–Trinajstić information content (AvgIpc) is 2.85. The number of carbonyl (C=O) groups excluding carboxylic acids is 2. The number of sulfonamides is 1. The first-order valence-electron chi connectivity index (χ1n) is 11.7. The Morgan fingerprint density at radius 3 is 2.42 bits per heavy atom. The minimum atomic E-state index is -3.57. The van der Waals surface area contributed by atoms with E-state index in [2.05, 4.69) is 5.32 Å². The van der Waals surface area contributed by atoms with Crippen molar-refractivity contribution < 1.29 is 18.0 Å². The zero-order valence-corrected chi connectivity index (χ0v) is 19.6. The van der Waals surface area contributed by atoms with Gasteiger partial charge in [0.25, 0.3) is 0 Å². The van der Waals surface area contributed by atoms with Crippen LogP contribution >= 0.6 is 0 Å². The predicted octanol–water partition coefficient (Wildman–Crippen LogP) is 3.28. The lowest BCUT2D eigenvalue weighted by Gasteiger charge is -2.32. The van der Waals surface area contributed by atoms with Gasteiger partial charge in [0.05, 0.1) is 17.2 Å². The van der Waals surface area contributed by atoms with E-state index in [0.29, 0.717) is 44.7 Å². The Kier molecular flexibility index (Phi) is 7.45. The van der Waals surface area contributed by atoms with E-state index in [1.165, 1.54) is 10.4 Å². The number of likely N-dealkylation sites (tertiary alicyclic amines) is 1. The normalized spacial score (nSPS) is 19.8. The van der Waals surface area contributed by atoms with Crippen molar-refractivity contribution in [3.63, 3.8) is 0 Å². The third kappa shape index (κ3) is 5.81. The lowest BCUT2D eigenvalue weighted by molar-refractivity contribution is -0.133. The molecule has 1 atom stereocenters. The molecule has 176 valence electrons. The van der Waals surface area contributed by atoms with Crippen molar-refractivity contribution in [1.82, 2.24) is 9.21 Å². The summed E-state index contributed by atoms with van der Waals surface area (Å²) in [5, 5.41) is 2.88. The van der Waals surface area contributed by atoms with Gasteiger partial charge in [0.15, 0.2) is 0 Å². The monoisotopic (exact) mass is 469 g/mol. The van der Waals surface area contributed by atoms with Gasteiger partial charge in [-0.25, -0.2) is 8.42 Å². The van der Waals surface area contributed by atoms with Gasteiger partial charge in [-0.15, -0.1) is 0 Å². The number of nitrogens with one attached hydrogen (secondary N) is 1. The van der Waals surface area contributed by atoms with Crippen molar-refractivity contribution >= 4 is 27.5 Å². The zero-order chi connectivity index (χ0) is 23.3. The molecule has 1 unspecified atom stereocenters. The van der Waals surface area contributed by atoms with Gasteiger partial charge in [0, 0.05) is 31.9 Å². The van der Waals surface area contributed by atoms with E-state index in [1.54, 1.807) is 23.1 Å². The van der Waals surface area contributed by atoms with Crippen LogP contribution in [0.25, 0.3) is 0 Å². The Bertz CT molecular complexity index is 1080. The largest absolute Gasteiger partial charge is 0.342 e. The third-order valence-corrected chi connectivity index (χ3v) is 8.29. The molecular formula is C25H31N3O4S. The molecule has 2 amide bonds. The standard InChI is InChI=1S/C25H31N3O4S/c29-24(17-20-9-3-1-4-10-20)27-14-8-11-21(19-27)25(30)26-22-12-7-13-23(18-22)33(31,32)28-15-5-2-6-16-28/h1,3-4,7,9-10,12-13,18,21H,2,5-6,8,11,14-17,19H2,(H,26,30). The molecule has 7 nitrogen and oxygen atoms in total. The Labute approximate surface area is 195 Å². The molecule has 8 heteroatoms. The molecule has 2 heterocycles. The second-order valence-electron chi connectivity index (χ2n) is 8.82. The van der Waals surface area contributed by atoms with Crippen LogP contribution in [0.2, 0.25) is 0 Å². The predicted molar refractivity (Wildman–Crippen MR) is 127 cm³/mol. The highest BCUT2D eigenvalue weighted by molar-refractivity contribution is 7.89. The number of hydrogen-bond donors (Lipinski definition) is 1. The van der Waals surface area contributed by atoms with Gasteiger partial charge in [-0.2, -0.15) is 4.31 Å². The maximum atomic E-state index is 13.0. The van der Waals surface area contributed by atoms with E-state index >= 15 is 0 Å². The van der Waals surface area contributed by atoms with Crippen LogP contribution in [0.5, 0.6) is 0 Å². The Morgan fingerprint density at radius 2 is 1.67 bits per heavy atom. The molecule has 0 bridgehead atoms. The van der Waals surface area contributed by atoms with Crippen LogP contribution in [0.15, 0.2) is 59.5 Å². The van der Waals surface area contributed by atoms with E-state index in [1.807, 2.05) is 30.3 Å². The van der Waals surface area contributed by atoms with Crippen LogP contribution in [0.1, 0.15) is 37.7 Å². The van der Waals surface area contributed by atoms with Crippen LogP contribution in [0, 0.1) is 5.92 Å². The van der Waals surface area contributed by atoms with E-state index in [4.69, 9.17) is 0 Å². The molecule has 2 saturated heterocycles. The number of nitrogens with zero attached hydrogens (tertiary/aromatic N) is 2. The topological polar surface area (TPSA) is 86.8 Å². The van der Waals surface area contributed by atoms with E-state index < -0.39 is 10.0 Å². The number of anilines is 1. The van der Waals surface area contributed by atoms with E-state index in [9.17, 15) is 18.0 Å². The molecule has 0 spiro atoms. The van der Waals surface area contributed by atoms with Crippen LogP contribution in [0.4, 0.5) is 5.69 Å². The van der Waals surface area contributed by atoms with Crippen LogP contribution in [0.3, 0.4) is 0 Å². The van der Waals surface area contributed by atoms with Gasteiger partial charge >= 0.3 is 0 Å². The van der Waals surface area contributed by atoms with Crippen molar-refractivity contribution in [1.29, 1.82) is 0 Å². The summed E-state index contributed by atoms with van der Waals surface area (Å²) in [4.78, 5) is 27.6. The summed E-state index contributed by atoms with van der Waals surface area (Å²) in [5.74, 6) is -0.478. The highest BCUT2D eigenvalue weighted by Crippen LogP contribution is 2.24. The maximum Gasteiger partial charge on any atom is 0.243 e. The first kappa shape index (κ1) is 23.4. The molecule has 0 aromatic heterocycles. The van der Waals surface area contributed by atoms with Crippen molar-refractivity contribution in [2.75, 3.05) is 31.5 Å². The number of amides is 2. The molecule has 2 aliphatic heterocycles. The SMILES string of the molecule is O=C(Nc1cccc(S(=O)(=O)N2CCCCC2)c1)C1CCCN(C(=O)Cc2ccccc2)C1. The molecule has 2 aromatic rings. The number of carbonyl (C=O) groups is 2. The minimum Gasteiger partial charge on any atom is -0.342 e. The highest BCUT2D eigenvalue weighted by atomic mass is 32.2. The molecule has 1 N–H and O–H groups in total. The Morgan fingerprint density at radius 1 is 0.909 bits per heavy atom. The molecule has 33 heavy (non-hydrogen) atoms. The smallest absolute Gasteiger partial charge is 0.243 e. The van der Waals surface area contributed by atoms with Crippen LogP contribution < -0.4 is 5.32 Å². The number of hydrogen-bond acceptors (Lipinski definition) is 4. The lowest BCUT2D eigenvalue weighted by Crippen LogP contribution is -2.44. The molecular weight excluding hydrogens is 438 g/mol. The Balaban J connectivity index is 1.38. The summed E-state index contributed by atoms with van der Waals surface area (Å²) in [6, 6.07) is 16.1. The number of benzene rings is 2. The van der Waals surface area contributed by atoms with Gasteiger partial charge in [0.2, 0.25) is 21.8 Å². The summed E-state index contributed by atoms with van der Waals surface area (Å²) >= 11 is 0. The molecule has 2 aliphatic rings. The van der Waals surface area contributed by atoms with Gasteiger partial charge < -0.3 is 10.2 Å². The van der Waals surface area contributed by atoms with Crippen molar-refractivity contribution in [3.8, 4) is 0 Å². The first-order chi connectivity index (χ1) is 15.9. The molecule has 4 rings (SSSR count). The summed E-state index contributed by atoms with van der Waals surface area (Å²) in [7, 11) is -3.57. The molecule has 0 saturated carbocycles. The van der Waals surface area contributed by atoms with Crippen LogP contribution in [-0.2, 0) is 26.0 Å². The maximum absolute atomic E-state index is 13.0. The number of piperidine rings is 2. The molecule has 2 aromatic carbocycles. The summed E-state index contributed by atoms with van der Waals surface area (Å²) in [6.07, 6.45) is 4.59. The lowest BCUT2D eigenvalue weighted by atomic mass is 9.96. The van der Waals surface area contributed by atoms with Gasteiger partial charge in [-0.05, 0) is 49.4 Å². The third-order valence-electron chi connectivity index (χ3n) is 6.40. The molecule has 0 radical (unpaired) electrons. The summed E-state index contributed by atoms with van der Waals surface area (Å²) in [5.41, 5.74) is 1.42. The van der Waals surface area contributed by atoms with Gasteiger partial charge in [-0.3, -0.25) is 9.59 Å². The first-order valence-corrected chi connectivity index (χ1v) is 13.1. The zero-order valence-electron chi connectivity index (χ0n) is 18.8. The van der Waals surface area contributed by atoms with Crippen molar-refractivity contribution in [2.45, 2.75) is 43.4 Å². The fraction of sp³-hybridized carbons (Fsp3) is 0.440. The fourth-order valence-corrected chi connectivity index (χ4v) is 6.10. The van der Waals surface area contributed by atoms with Crippen molar-refractivity contribution in [3.05, 3.63) is 60.2 Å². The average molecular weight is 470 g/mol. The molecule has 0 aliphatic carbocycles. The second-order valence-corrected chi connectivity index (χ2v) is 10.8. The summed E-state index contributed by atoms with van der Waals surface area (Å²) < 4.78 is 27.5. The Hall–Kier alpha value is -2.71. The van der Waals surface area contributed by atoms with Crippen molar-refractivity contribution in [2.24, 2.45) is 5.92 Å². The highest BCUT2D eigenvalue weighted by Gasteiger charge is 2.29. The number of rotatable bonds is 6. The van der Waals surface area contributed by atoms with E-state index in [0.717, 1.165) is 31.2 Å². The quantitative estimate of drug-likeness (QED) is 0.703. The van der Waals surface area contributed by atoms with E-state index in [-0.39, 0.29) is 22.6 Å². The van der Waals surface area contributed by atoms with Gasteiger partial charge in [-0.1, -0.05) is 42.8 Å². The fourth-order valence-electron chi connectivity index (χ4n) is 4.53. The molecule has 2 fully saturated rings. The van der Waals surface area contributed by atoms with Crippen LogP contribution in [-0.4, -0.2) is 55.6 Å². The minimum absolute atomic E-state index is 0.0216. The summed E-state index contributed by atoms with van der Waals surface area (Å²) in [6.45, 7) is 2.10. The second kappa shape index (κ2) is 10.5.